The van der Waals surface area contributed by atoms with E-state index < -0.39 is 23.4 Å². The first kappa shape index (κ1) is 24.3. The summed E-state index contributed by atoms with van der Waals surface area (Å²) in [6.07, 6.45) is 2.50. The molecule has 0 spiro atoms. The van der Waals surface area contributed by atoms with Gasteiger partial charge in [0.15, 0.2) is 0 Å². The van der Waals surface area contributed by atoms with Crippen molar-refractivity contribution in [1.29, 1.82) is 0 Å². The van der Waals surface area contributed by atoms with E-state index in [0.717, 1.165) is 21.8 Å². The molecule has 0 saturated carbocycles. The van der Waals surface area contributed by atoms with Crippen LogP contribution < -0.4 is 9.31 Å². The van der Waals surface area contributed by atoms with Crippen molar-refractivity contribution < 1.29 is 28.4 Å². The molecule has 2 aromatic heterocycles. The van der Waals surface area contributed by atoms with E-state index in [1.165, 1.54) is 9.13 Å². The molecule has 8 nitrogen and oxygen atoms in total. The summed E-state index contributed by atoms with van der Waals surface area (Å²) < 4.78 is 25.3. The van der Waals surface area contributed by atoms with Gasteiger partial charge in [-0.15, -0.1) is 0 Å². The fraction of sp³-hybridized carbons (Fsp3) is 0.308. The molecule has 4 aromatic rings. The molecule has 0 aliphatic heterocycles. The van der Waals surface area contributed by atoms with Crippen molar-refractivity contribution in [2.45, 2.75) is 52.7 Å². The second-order valence-electron chi connectivity index (χ2n) is 10.2. The Morgan fingerprint density at radius 1 is 0.657 bits per heavy atom. The minimum absolute atomic E-state index is 0.00341. The zero-order valence-corrected chi connectivity index (χ0v) is 20.8. The number of hydrogen-bond acceptors (Lipinski definition) is 6. The van der Waals surface area contributed by atoms with E-state index in [0.29, 0.717) is 11.5 Å². The zero-order chi connectivity index (χ0) is 25.4. The molecule has 0 atom stereocenters. The van der Waals surface area contributed by atoms with Crippen LogP contribution in [0.4, 0.5) is 9.59 Å². The number of rotatable bonds is 4. The first-order chi connectivity index (χ1) is 16.4. The number of carbonyl (C=O) groups excluding carboxylic acids is 2. The van der Waals surface area contributed by atoms with Gasteiger partial charge < -0.3 is 18.8 Å². The molecule has 0 N–H and O–H groups in total. The lowest BCUT2D eigenvalue weighted by molar-refractivity contribution is 0.0533. The third-order valence-electron chi connectivity index (χ3n) is 4.95. The monoisotopic (exact) mass is 476 g/mol. The normalized spacial score (nSPS) is 11.9. The van der Waals surface area contributed by atoms with E-state index in [2.05, 4.69) is 0 Å². The third kappa shape index (κ3) is 5.80. The smallest absolute Gasteiger partial charge is 0.529 e. The Morgan fingerprint density at radius 2 is 1.06 bits per heavy atom. The van der Waals surface area contributed by atoms with Gasteiger partial charge in [0.1, 0.15) is 22.7 Å². The number of hydrogen-bond donors (Lipinski definition) is 0. The Morgan fingerprint density at radius 3 is 1.43 bits per heavy atom. The SMILES string of the molecule is CC(C)(C)OC(=O)n1ccc2cc(OBOc3ccc4c(ccn4C(=O)OC(C)(C)C)c3)ccc21. The van der Waals surface area contributed by atoms with Crippen molar-refractivity contribution in [3.8, 4) is 11.5 Å². The van der Waals surface area contributed by atoms with Crippen molar-refractivity contribution >= 4 is 41.7 Å². The summed E-state index contributed by atoms with van der Waals surface area (Å²) in [7, 11) is -0.00341. The van der Waals surface area contributed by atoms with Crippen molar-refractivity contribution in [2.75, 3.05) is 0 Å². The molecule has 0 radical (unpaired) electrons. The summed E-state index contributed by atoms with van der Waals surface area (Å²) >= 11 is 0. The molecule has 35 heavy (non-hydrogen) atoms. The minimum Gasteiger partial charge on any atom is -0.529 e. The Labute approximate surface area is 204 Å². The Hall–Kier alpha value is -3.88. The highest BCUT2D eigenvalue weighted by Crippen LogP contribution is 2.25. The summed E-state index contributed by atoms with van der Waals surface area (Å²) in [5, 5.41) is 1.69. The average molecular weight is 476 g/mol. The van der Waals surface area contributed by atoms with Crippen LogP contribution in [0.15, 0.2) is 60.9 Å². The van der Waals surface area contributed by atoms with E-state index in [1.807, 2.05) is 65.8 Å². The van der Waals surface area contributed by atoms with Crippen molar-refractivity contribution in [3.05, 3.63) is 60.9 Å². The molecule has 0 unspecified atom stereocenters. The number of aromatic nitrogens is 2. The number of carbonyl (C=O) groups is 2. The van der Waals surface area contributed by atoms with Gasteiger partial charge in [-0.3, -0.25) is 9.13 Å². The summed E-state index contributed by atoms with van der Waals surface area (Å²) in [5.41, 5.74) is 0.310. The minimum atomic E-state index is -0.574. The van der Waals surface area contributed by atoms with Crippen LogP contribution in [0, 0.1) is 0 Å². The van der Waals surface area contributed by atoms with Crippen LogP contribution in [0.2, 0.25) is 0 Å². The average Bonchev–Trinajstić information content (AvgIpc) is 3.35. The van der Waals surface area contributed by atoms with Gasteiger partial charge in [0, 0.05) is 23.2 Å². The lowest BCUT2D eigenvalue weighted by atomic mass is 10.2. The van der Waals surface area contributed by atoms with Gasteiger partial charge in [-0.05, 0) is 90.1 Å². The first-order valence-corrected chi connectivity index (χ1v) is 11.3. The summed E-state index contributed by atoms with van der Waals surface area (Å²) in [6.45, 7) is 11.0. The molecule has 0 amide bonds. The Bertz CT molecular complexity index is 1280. The molecule has 4 rings (SSSR count). The third-order valence-corrected chi connectivity index (χ3v) is 4.95. The van der Waals surface area contributed by atoms with Gasteiger partial charge in [0.25, 0.3) is 0 Å². The van der Waals surface area contributed by atoms with Gasteiger partial charge in [-0.2, -0.15) is 0 Å². The van der Waals surface area contributed by atoms with E-state index >= 15 is 0 Å². The fourth-order valence-electron chi connectivity index (χ4n) is 3.53. The summed E-state index contributed by atoms with van der Waals surface area (Å²) in [5.74, 6) is 1.22. The molecule has 0 aliphatic carbocycles. The van der Waals surface area contributed by atoms with Crippen molar-refractivity contribution in [3.63, 3.8) is 0 Å². The second kappa shape index (κ2) is 9.05. The molecule has 2 aromatic carbocycles. The quantitative estimate of drug-likeness (QED) is 0.342. The molecule has 9 heteroatoms. The van der Waals surface area contributed by atoms with Crippen LogP contribution in [-0.2, 0) is 9.47 Å². The van der Waals surface area contributed by atoms with Crippen LogP contribution in [0.5, 0.6) is 11.5 Å². The molecule has 182 valence electrons. The van der Waals surface area contributed by atoms with Gasteiger partial charge in [0.05, 0.1) is 11.0 Å². The van der Waals surface area contributed by atoms with Gasteiger partial charge in [-0.1, -0.05) is 0 Å². The standard InChI is InChI=1S/C26H29BN2O6/c1-25(2,3)32-23(30)28-13-11-17-15-19(7-9-21(17)28)34-27-35-20-8-10-22-18(16-20)12-14-29(22)24(31)33-26(4,5)6/h7-16,27H,1-6H3. The Balaban J connectivity index is 1.39. The number of ether oxygens (including phenoxy) is 2. The van der Waals surface area contributed by atoms with E-state index in [-0.39, 0.29) is 7.69 Å². The maximum absolute atomic E-state index is 12.4. The topological polar surface area (TPSA) is 80.9 Å². The molecule has 0 aliphatic rings. The maximum atomic E-state index is 12.4. The number of benzene rings is 2. The Kier molecular flexibility index (Phi) is 6.27. The fourth-order valence-corrected chi connectivity index (χ4v) is 3.53. The van der Waals surface area contributed by atoms with Crippen LogP contribution in [0.1, 0.15) is 41.5 Å². The number of nitrogens with zero attached hydrogens (tertiary/aromatic N) is 2. The molecular weight excluding hydrogens is 447 g/mol. The highest BCUT2D eigenvalue weighted by molar-refractivity contribution is 6.21. The molecule has 0 saturated heterocycles. The lowest BCUT2D eigenvalue weighted by Crippen LogP contribution is -2.26. The van der Waals surface area contributed by atoms with Crippen LogP contribution >= 0.6 is 0 Å². The van der Waals surface area contributed by atoms with E-state index in [1.54, 1.807) is 36.7 Å². The van der Waals surface area contributed by atoms with Crippen molar-refractivity contribution in [2.24, 2.45) is 0 Å². The number of fused-ring (bicyclic) bond motifs is 2. The lowest BCUT2D eigenvalue weighted by Gasteiger charge is -2.19. The molecule has 0 bridgehead atoms. The van der Waals surface area contributed by atoms with Crippen LogP contribution in [-0.4, -0.2) is 40.2 Å². The molecule has 0 fully saturated rings. The van der Waals surface area contributed by atoms with Crippen LogP contribution in [0.3, 0.4) is 0 Å². The predicted octanol–water partition coefficient (Wildman–Crippen LogP) is 5.89. The van der Waals surface area contributed by atoms with Crippen LogP contribution in [0.25, 0.3) is 21.8 Å². The maximum Gasteiger partial charge on any atom is 0.576 e. The highest BCUT2D eigenvalue weighted by Gasteiger charge is 2.20. The van der Waals surface area contributed by atoms with E-state index in [4.69, 9.17) is 18.8 Å². The van der Waals surface area contributed by atoms with Gasteiger partial charge >= 0.3 is 19.9 Å². The largest absolute Gasteiger partial charge is 0.576 e. The van der Waals surface area contributed by atoms with Crippen molar-refractivity contribution in [1.82, 2.24) is 9.13 Å². The summed E-state index contributed by atoms with van der Waals surface area (Å²) in [4.78, 5) is 24.8. The highest BCUT2D eigenvalue weighted by atomic mass is 16.6. The molecule has 2 heterocycles. The van der Waals surface area contributed by atoms with Gasteiger partial charge in [-0.25, -0.2) is 9.59 Å². The molecular formula is C26H29BN2O6. The van der Waals surface area contributed by atoms with E-state index in [9.17, 15) is 9.59 Å². The van der Waals surface area contributed by atoms with Gasteiger partial charge in [0.2, 0.25) is 0 Å². The zero-order valence-electron chi connectivity index (χ0n) is 20.8. The second-order valence-corrected chi connectivity index (χ2v) is 10.2. The predicted molar refractivity (Wildman–Crippen MR) is 136 cm³/mol. The first-order valence-electron chi connectivity index (χ1n) is 11.3. The summed E-state index contributed by atoms with van der Waals surface area (Å²) in [6, 6.07) is 14.5.